The van der Waals surface area contributed by atoms with Crippen molar-refractivity contribution in [3.8, 4) is 0 Å². The number of carbonyl (C=O) groups excluding carboxylic acids is 1. The molecule has 21 heavy (non-hydrogen) atoms. The van der Waals surface area contributed by atoms with E-state index in [9.17, 15) is 4.79 Å². The Kier molecular flexibility index (Phi) is 5.21. The third-order valence-electron chi connectivity index (χ3n) is 4.08. The number of rotatable bonds is 3. The number of benzene rings is 2. The molecule has 1 fully saturated rings. The van der Waals surface area contributed by atoms with Gasteiger partial charge in [0.05, 0.1) is 12.0 Å². The molecule has 1 heterocycles. The van der Waals surface area contributed by atoms with Crippen LogP contribution >= 0.6 is 12.4 Å². The molecule has 1 amide bonds. The summed E-state index contributed by atoms with van der Waals surface area (Å²) in [5.74, 6) is 0.280. The molecule has 0 aliphatic carbocycles. The molecule has 2 aromatic rings. The minimum Gasteiger partial charge on any atom is -0.349 e. The molecule has 0 aromatic heterocycles. The van der Waals surface area contributed by atoms with Gasteiger partial charge in [-0.15, -0.1) is 12.4 Å². The summed E-state index contributed by atoms with van der Waals surface area (Å²) in [5.41, 5.74) is 1.18. The highest BCUT2D eigenvalue weighted by Gasteiger charge is 2.24. The van der Waals surface area contributed by atoms with Crippen molar-refractivity contribution < 1.29 is 4.79 Å². The fraction of sp³-hybridized carbons (Fsp3) is 0.353. The van der Waals surface area contributed by atoms with Crippen molar-refractivity contribution in [1.82, 2.24) is 10.6 Å². The molecule has 4 heteroatoms. The van der Waals surface area contributed by atoms with Crippen molar-refractivity contribution >= 4 is 29.1 Å². The zero-order chi connectivity index (χ0) is 13.9. The van der Waals surface area contributed by atoms with Crippen LogP contribution in [0, 0.1) is 5.92 Å². The van der Waals surface area contributed by atoms with E-state index in [1.165, 1.54) is 16.3 Å². The second kappa shape index (κ2) is 6.92. The second-order valence-corrected chi connectivity index (χ2v) is 5.49. The van der Waals surface area contributed by atoms with E-state index in [2.05, 4.69) is 47.9 Å². The second-order valence-electron chi connectivity index (χ2n) is 5.49. The first-order chi connectivity index (χ1) is 9.75. The molecule has 2 unspecified atom stereocenters. The lowest BCUT2D eigenvalue weighted by atomic mass is 9.99. The molecule has 1 saturated heterocycles. The van der Waals surface area contributed by atoms with Crippen molar-refractivity contribution in [3.05, 3.63) is 48.0 Å². The molecule has 2 aromatic carbocycles. The van der Waals surface area contributed by atoms with Gasteiger partial charge in [-0.05, 0) is 36.2 Å². The Bertz CT molecular complexity index is 618. The number of hydrogen-bond acceptors (Lipinski definition) is 2. The van der Waals surface area contributed by atoms with Crippen LogP contribution < -0.4 is 10.6 Å². The standard InChI is InChI=1S/C17H20N2O.ClH/c1-12(19-17(20)14-9-10-18-11-14)15-8-4-6-13-5-2-3-7-16(13)15;/h2-8,12,14,18H,9-11H2,1H3,(H,19,20);1H. The van der Waals surface area contributed by atoms with E-state index in [0.717, 1.165) is 19.5 Å². The highest BCUT2D eigenvalue weighted by Crippen LogP contribution is 2.24. The smallest absolute Gasteiger partial charge is 0.224 e. The monoisotopic (exact) mass is 304 g/mol. The summed E-state index contributed by atoms with van der Waals surface area (Å²) in [7, 11) is 0. The average molecular weight is 305 g/mol. The quantitative estimate of drug-likeness (QED) is 0.915. The Labute approximate surface area is 131 Å². The minimum absolute atomic E-state index is 0. The van der Waals surface area contributed by atoms with Gasteiger partial charge in [0, 0.05) is 6.54 Å². The summed E-state index contributed by atoms with van der Waals surface area (Å²) in [6.45, 7) is 3.80. The van der Waals surface area contributed by atoms with Gasteiger partial charge in [0.1, 0.15) is 0 Å². The Hall–Kier alpha value is -1.58. The fourth-order valence-electron chi connectivity index (χ4n) is 2.92. The molecule has 2 N–H and O–H groups in total. The van der Waals surface area contributed by atoms with Crippen molar-refractivity contribution in [2.45, 2.75) is 19.4 Å². The normalized spacial score (nSPS) is 19.0. The van der Waals surface area contributed by atoms with Crippen molar-refractivity contribution in [2.75, 3.05) is 13.1 Å². The summed E-state index contributed by atoms with van der Waals surface area (Å²) in [6, 6.07) is 14.6. The maximum atomic E-state index is 12.2. The van der Waals surface area contributed by atoms with Gasteiger partial charge < -0.3 is 10.6 Å². The van der Waals surface area contributed by atoms with Gasteiger partial charge >= 0.3 is 0 Å². The molecule has 3 nitrogen and oxygen atoms in total. The molecule has 2 atom stereocenters. The molecular formula is C17H21ClN2O. The summed E-state index contributed by atoms with van der Waals surface area (Å²) < 4.78 is 0. The SMILES string of the molecule is CC(NC(=O)C1CCNC1)c1cccc2ccccc12.Cl. The molecule has 0 bridgehead atoms. The van der Waals surface area contributed by atoms with E-state index in [1.807, 2.05) is 12.1 Å². The number of nitrogens with one attached hydrogen (secondary N) is 2. The largest absolute Gasteiger partial charge is 0.349 e. The van der Waals surface area contributed by atoms with Crippen LogP contribution in [0.25, 0.3) is 10.8 Å². The molecular weight excluding hydrogens is 284 g/mol. The number of hydrogen-bond donors (Lipinski definition) is 2. The first kappa shape index (κ1) is 15.8. The first-order valence-electron chi connectivity index (χ1n) is 7.24. The van der Waals surface area contributed by atoms with Gasteiger partial charge in [-0.25, -0.2) is 0 Å². The molecule has 3 rings (SSSR count). The van der Waals surface area contributed by atoms with Crippen LogP contribution in [0.5, 0.6) is 0 Å². The van der Waals surface area contributed by atoms with E-state index < -0.39 is 0 Å². The van der Waals surface area contributed by atoms with Gasteiger partial charge in [-0.1, -0.05) is 42.5 Å². The minimum atomic E-state index is 0. The van der Waals surface area contributed by atoms with Crippen molar-refractivity contribution in [3.63, 3.8) is 0 Å². The van der Waals surface area contributed by atoms with Crippen LogP contribution in [-0.2, 0) is 4.79 Å². The number of halogens is 1. The summed E-state index contributed by atoms with van der Waals surface area (Å²) in [6.07, 6.45) is 0.939. The van der Waals surface area contributed by atoms with Crippen LogP contribution in [0.2, 0.25) is 0 Å². The van der Waals surface area contributed by atoms with Gasteiger partial charge in [0.25, 0.3) is 0 Å². The van der Waals surface area contributed by atoms with E-state index in [1.54, 1.807) is 0 Å². The van der Waals surface area contributed by atoms with Crippen molar-refractivity contribution in [1.29, 1.82) is 0 Å². The highest BCUT2D eigenvalue weighted by atomic mass is 35.5. The lowest BCUT2D eigenvalue weighted by molar-refractivity contribution is -0.125. The topological polar surface area (TPSA) is 41.1 Å². The maximum absolute atomic E-state index is 12.2. The molecule has 1 aliphatic rings. The Morgan fingerprint density at radius 1 is 1.24 bits per heavy atom. The molecule has 0 saturated carbocycles. The van der Waals surface area contributed by atoms with E-state index in [0.29, 0.717) is 0 Å². The third kappa shape index (κ3) is 3.36. The summed E-state index contributed by atoms with van der Waals surface area (Å²) in [4.78, 5) is 12.2. The van der Waals surface area contributed by atoms with Crippen LogP contribution in [0.1, 0.15) is 24.9 Å². The first-order valence-corrected chi connectivity index (χ1v) is 7.24. The van der Waals surface area contributed by atoms with Crippen LogP contribution in [0.15, 0.2) is 42.5 Å². The van der Waals surface area contributed by atoms with Gasteiger partial charge in [0.2, 0.25) is 5.91 Å². The molecule has 112 valence electrons. The van der Waals surface area contributed by atoms with Gasteiger partial charge in [-0.2, -0.15) is 0 Å². The van der Waals surface area contributed by atoms with Gasteiger partial charge in [0.15, 0.2) is 0 Å². The van der Waals surface area contributed by atoms with Crippen molar-refractivity contribution in [2.24, 2.45) is 5.92 Å². The fourth-order valence-corrected chi connectivity index (χ4v) is 2.92. The molecule has 0 spiro atoms. The van der Waals surface area contributed by atoms with E-state index >= 15 is 0 Å². The number of fused-ring (bicyclic) bond motifs is 1. The lowest BCUT2D eigenvalue weighted by Gasteiger charge is -2.18. The Morgan fingerprint density at radius 3 is 2.76 bits per heavy atom. The van der Waals surface area contributed by atoms with Crippen LogP contribution in [0.3, 0.4) is 0 Å². The number of amides is 1. The highest BCUT2D eigenvalue weighted by molar-refractivity contribution is 5.87. The Balaban J connectivity index is 0.00000161. The average Bonchev–Trinajstić information content (AvgIpc) is 3.01. The van der Waals surface area contributed by atoms with E-state index in [-0.39, 0.29) is 30.3 Å². The molecule has 1 aliphatic heterocycles. The number of carbonyl (C=O) groups is 1. The zero-order valence-corrected chi connectivity index (χ0v) is 13.0. The predicted octanol–water partition coefficient (Wildman–Crippen LogP) is 3.05. The Morgan fingerprint density at radius 2 is 2.00 bits per heavy atom. The van der Waals surface area contributed by atoms with Crippen LogP contribution in [0.4, 0.5) is 0 Å². The summed E-state index contributed by atoms with van der Waals surface area (Å²) >= 11 is 0. The maximum Gasteiger partial charge on any atom is 0.224 e. The third-order valence-corrected chi connectivity index (χ3v) is 4.08. The lowest BCUT2D eigenvalue weighted by Crippen LogP contribution is -2.33. The molecule has 0 radical (unpaired) electrons. The van der Waals surface area contributed by atoms with Gasteiger partial charge in [-0.3, -0.25) is 4.79 Å². The zero-order valence-electron chi connectivity index (χ0n) is 12.1. The van der Waals surface area contributed by atoms with E-state index in [4.69, 9.17) is 0 Å². The predicted molar refractivity (Wildman–Crippen MR) is 88.7 cm³/mol. The van der Waals surface area contributed by atoms with Crippen LogP contribution in [-0.4, -0.2) is 19.0 Å². The summed E-state index contributed by atoms with van der Waals surface area (Å²) in [5, 5.41) is 8.82.